The first-order valence-corrected chi connectivity index (χ1v) is 9.51. The molecule has 0 saturated heterocycles. The molecule has 2 rings (SSSR count). The fourth-order valence-corrected chi connectivity index (χ4v) is 2.69. The highest BCUT2D eigenvalue weighted by atomic mass is 35.5. The highest BCUT2D eigenvalue weighted by molar-refractivity contribution is 6.30. The summed E-state index contributed by atoms with van der Waals surface area (Å²) in [6.07, 6.45) is 0.709. The minimum absolute atomic E-state index is 0.208. The summed E-state index contributed by atoms with van der Waals surface area (Å²) in [6.45, 7) is 3.95. The summed E-state index contributed by atoms with van der Waals surface area (Å²) < 4.78 is 16.3. The Morgan fingerprint density at radius 1 is 0.931 bits per heavy atom. The van der Waals surface area contributed by atoms with Crippen molar-refractivity contribution in [3.63, 3.8) is 0 Å². The van der Waals surface area contributed by atoms with Crippen molar-refractivity contribution in [3.8, 4) is 17.2 Å². The van der Waals surface area contributed by atoms with Gasteiger partial charge in [0.1, 0.15) is 5.75 Å². The fourth-order valence-electron chi connectivity index (χ4n) is 2.46. The lowest BCUT2D eigenvalue weighted by atomic mass is 10.2. The Hall–Kier alpha value is -2.93. The van der Waals surface area contributed by atoms with E-state index in [0.717, 1.165) is 16.9 Å². The summed E-state index contributed by atoms with van der Waals surface area (Å²) in [5, 5.41) is 0.648. The smallest absolute Gasteiger partial charge is 0.276 e. The highest BCUT2D eigenvalue weighted by Gasteiger charge is 2.09. The summed E-state index contributed by atoms with van der Waals surface area (Å²) in [4.78, 5) is 23.7. The SMILES string of the molecule is COc1cc(C)ccc1OCC(=O)NNC(=O)CCCOc1ccc(Cl)cc1C. The minimum Gasteiger partial charge on any atom is -0.493 e. The first kappa shape index (κ1) is 22.4. The van der Waals surface area contributed by atoms with Gasteiger partial charge in [-0.25, -0.2) is 0 Å². The topological polar surface area (TPSA) is 85.9 Å². The summed E-state index contributed by atoms with van der Waals surface area (Å²) in [6, 6.07) is 10.7. The van der Waals surface area contributed by atoms with Gasteiger partial charge in [-0.2, -0.15) is 0 Å². The van der Waals surface area contributed by atoms with Crippen LogP contribution in [0.4, 0.5) is 0 Å². The molecule has 0 heterocycles. The second-order valence-corrected chi connectivity index (χ2v) is 6.84. The third-order valence-corrected chi connectivity index (χ3v) is 4.20. The van der Waals surface area contributed by atoms with Crippen LogP contribution in [0.2, 0.25) is 5.02 Å². The van der Waals surface area contributed by atoms with Crippen molar-refractivity contribution in [1.82, 2.24) is 10.9 Å². The van der Waals surface area contributed by atoms with Gasteiger partial charge < -0.3 is 14.2 Å². The third kappa shape index (κ3) is 7.54. The van der Waals surface area contributed by atoms with Gasteiger partial charge >= 0.3 is 0 Å². The first-order chi connectivity index (χ1) is 13.9. The van der Waals surface area contributed by atoms with Crippen molar-refractivity contribution in [3.05, 3.63) is 52.5 Å². The Balaban J connectivity index is 1.64. The summed E-state index contributed by atoms with van der Waals surface area (Å²) in [7, 11) is 1.53. The van der Waals surface area contributed by atoms with Crippen LogP contribution in [-0.2, 0) is 9.59 Å². The summed E-state index contributed by atoms with van der Waals surface area (Å²) in [5.41, 5.74) is 6.61. The first-order valence-electron chi connectivity index (χ1n) is 9.13. The number of hydrazine groups is 1. The lowest BCUT2D eigenvalue weighted by molar-refractivity contribution is -0.130. The van der Waals surface area contributed by atoms with Crippen LogP contribution < -0.4 is 25.1 Å². The molecule has 156 valence electrons. The molecule has 0 aliphatic heterocycles. The lowest BCUT2D eigenvalue weighted by Crippen LogP contribution is -2.43. The molecule has 0 unspecified atom stereocenters. The van der Waals surface area contributed by atoms with Crippen molar-refractivity contribution in [2.75, 3.05) is 20.3 Å². The molecule has 0 spiro atoms. The van der Waals surface area contributed by atoms with Crippen LogP contribution in [0.3, 0.4) is 0 Å². The number of amides is 2. The zero-order chi connectivity index (χ0) is 21.2. The van der Waals surface area contributed by atoms with Crippen LogP contribution in [0.25, 0.3) is 0 Å². The summed E-state index contributed by atoms with van der Waals surface area (Å²) >= 11 is 5.90. The van der Waals surface area contributed by atoms with Crippen molar-refractivity contribution >= 4 is 23.4 Å². The minimum atomic E-state index is -0.478. The van der Waals surface area contributed by atoms with Crippen molar-refractivity contribution in [1.29, 1.82) is 0 Å². The number of methoxy groups -OCH3 is 1. The fraction of sp³-hybridized carbons (Fsp3) is 0.333. The molecule has 0 fully saturated rings. The molecule has 0 radical (unpaired) electrons. The monoisotopic (exact) mass is 420 g/mol. The molecule has 8 heteroatoms. The van der Waals surface area contributed by atoms with Crippen LogP contribution >= 0.6 is 11.6 Å². The molecule has 0 aliphatic carbocycles. The molecule has 0 aromatic heterocycles. The molecule has 0 aliphatic rings. The zero-order valence-electron chi connectivity index (χ0n) is 16.7. The Morgan fingerprint density at radius 2 is 1.66 bits per heavy atom. The predicted octanol–water partition coefficient (Wildman–Crippen LogP) is 3.35. The van der Waals surface area contributed by atoms with E-state index in [4.69, 9.17) is 25.8 Å². The van der Waals surface area contributed by atoms with Gasteiger partial charge in [0.2, 0.25) is 5.91 Å². The highest BCUT2D eigenvalue weighted by Crippen LogP contribution is 2.27. The van der Waals surface area contributed by atoms with Crippen LogP contribution in [0.15, 0.2) is 36.4 Å². The van der Waals surface area contributed by atoms with E-state index in [9.17, 15) is 9.59 Å². The number of halogens is 1. The van der Waals surface area contributed by atoms with Crippen LogP contribution in [-0.4, -0.2) is 32.1 Å². The van der Waals surface area contributed by atoms with Gasteiger partial charge in [-0.1, -0.05) is 17.7 Å². The molecule has 2 N–H and O–H groups in total. The molecule has 0 atom stereocenters. The van der Waals surface area contributed by atoms with E-state index in [1.165, 1.54) is 7.11 Å². The van der Waals surface area contributed by atoms with E-state index in [2.05, 4.69) is 10.9 Å². The Labute approximate surface area is 175 Å². The Kier molecular flexibility index (Phi) is 8.61. The number of aryl methyl sites for hydroxylation is 2. The van der Waals surface area contributed by atoms with Crippen LogP contribution in [0.5, 0.6) is 17.2 Å². The molecule has 29 heavy (non-hydrogen) atoms. The van der Waals surface area contributed by atoms with Gasteiger partial charge in [0.25, 0.3) is 5.91 Å². The van der Waals surface area contributed by atoms with Gasteiger partial charge in [-0.3, -0.25) is 20.4 Å². The van der Waals surface area contributed by atoms with Gasteiger partial charge in [-0.05, 0) is 61.7 Å². The second-order valence-electron chi connectivity index (χ2n) is 6.40. The molecular weight excluding hydrogens is 396 g/mol. The molecular formula is C21H25ClN2O5. The van der Waals surface area contributed by atoms with Crippen molar-refractivity contribution in [2.24, 2.45) is 0 Å². The number of carbonyl (C=O) groups is 2. The number of hydrogen-bond donors (Lipinski definition) is 2. The van der Waals surface area contributed by atoms with E-state index in [1.54, 1.807) is 18.2 Å². The maximum Gasteiger partial charge on any atom is 0.276 e. The number of nitrogens with one attached hydrogen (secondary N) is 2. The molecule has 7 nitrogen and oxygen atoms in total. The molecule has 2 amide bonds. The zero-order valence-corrected chi connectivity index (χ0v) is 17.5. The van der Waals surface area contributed by atoms with E-state index >= 15 is 0 Å². The van der Waals surface area contributed by atoms with Gasteiger partial charge in [0, 0.05) is 11.4 Å². The average molecular weight is 421 g/mol. The van der Waals surface area contributed by atoms with E-state index in [1.807, 2.05) is 32.0 Å². The molecule has 0 saturated carbocycles. The van der Waals surface area contributed by atoms with Crippen LogP contribution in [0, 0.1) is 13.8 Å². The number of carbonyl (C=O) groups excluding carboxylic acids is 2. The quantitative estimate of drug-likeness (QED) is 0.480. The Morgan fingerprint density at radius 3 is 2.38 bits per heavy atom. The maximum atomic E-state index is 11.8. The number of rotatable bonds is 9. The summed E-state index contributed by atoms with van der Waals surface area (Å²) in [5.74, 6) is 0.926. The third-order valence-electron chi connectivity index (χ3n) is 3.96. The van der Waals surface area contributed by atoms with Crippen molar-refractivity contribution in [2.45, 2.75) is 26.7 Å². The maximum absolute atomic E-state index is 11.8. The van der Waals surface area contributed by atoms with Gasteiger partial charge in [0.15, 0.2) is 18.1 Å². The van der Waals surface area contributed by atoms with Crippen molar-refractivity contribution < 1.29 is 23.8 Å². The van der Waals surface area contributed by atoms with E-state index < -0.39 is 5.91 Å². The number of benzene rings is 2. The van der Waals surface area contributed by atoms with Crippen LogP contribution in [0.1, 0.15) is 24.0 Å². The molecule has 0 bridgehead atoms. The second kappa shape index (κ2) is 11.2. The Bertz CT molecular complexity index is 857. The van der Waals surface area contributed by atoms with Gasteiger partial charge in [0.05, 0.1) is 13.7 Å². The van der Waals surface area contributed by atoms with E-state index in [0.29, 0.717) is 29.5 Å². The van der Waals surface area contributed by atoms with Gasteiger partial charge in [-0.15, -0.1) is 0 Å². The normalized spacial score (nSPS) is 10.2. The predicted molar refractivity (Wildman–Crippen MR) is 110 cm³/mol. The molecule has 2 aromatic rings. The largest absolute Gasteiger partial charge is 0.493 e. The molecule has 2 aromatic carbocycles. The average Bonchev–Trinajstić information content (AvgIpc) is 2.69. The number of hydrogen-bond acceptors (Lipinski definition) is 5. The van der Waals surface area contributed by atoms with E-state index in [-0.39, 0.29) is 18.9 Å². The lowest BCUT2D eigenvalue weighted by Gasteiger charge is -2.12. The standard InChI is InChI=1S/C21H25ClN2O5/c1-14-6-8-18(19(11-14)27-3)29-13-21(26)24-23-20(25)5-4-10-28-17-9-7-16(22)12-15(17)2/h6-9,11-12H,4-5,10,13H2,1-3H3,(H,23,25)(H,24,26). The number of ether oxygens (including phenoxy) is 3.